The summed E-state index contributed by atoms with van der Waals surface area (Å²) >= 11 is 0. The first-order chi connectivity index (χ1) is 7.09. The van der Waals surface area contributed by atoms with Gasteiger partial charge < -0.3 is 5.32 Å². The lowest BCUT2D eigenvalue weighted by Gasteiger charge is -2.23. The second-order valence-corrected chi connectivity index (χ2v) is 6.60. The average molecular weight is 271 g/mol. The fraction of sp³-hybridized carbons (Fsp3) is 1.00. The van der Waals surface area contributed by atoms with Crippen molar-refractivity contribution < 1.29 is 8.42 Å². The van der Waals surface area contributed by atoms with Crippen LogP contribution >= 0.6 is 12.4 Å². The first-order valence-electron chi connectivity index (χ1n) is 5.68. The van der Waals surface area contributed by atoms with Crippen molar-refractivity contribution in [2.24, 2.45) is 0 Å². The van der Waals surface area contributed by atoms with Crippen molar-refractivity contribution >= 4 is 22.2 Å². The Morgan fingerprint density at radius 3 is 2.69 bits per heavy atom. The van der Waals surface area contributed by atoms with Crippen LogP contribution in [0.1, 0.15) is 19.8 Å². The number of likely N-dealkylation sites (N-methyl/N-ethyl adjacent to an activating group) is 1. The zero-order valence-corrected chi connectivity index (χ0v) is 11.7. The van der Waals surface area contributed by atoms with Gasteiger partial charge in [0.15, 0.2) is 9.84 Å². The monoisotopic (exact) mass is 270 g/mol. The molecule has 98 valence electrons. The average Bonchev–Trinajstić information content (AvgIpc) is 2.64. The van der Waals surface area contributed by atoms with Gasteiger partial charge in [-0.15, -0.1) is 12.4 Å². The molecular weight excluding hydrogens is 248 g/mol. The molecule has 16 heavy (non-hydrogen) atoms. The second kappa shape index (κ2) is 7.48. The number of likely N-dealkylation sites (tertiary alicyclic amines) is 1. The topological polar surface area (TPSA) is 49.4 Å². The fourth-order valence-corrected chi connectivity index (χ4v) is 2.86. The van der Waals surface area contributed by atoms with Gasteiger partial charge in [-0.3, -0.25) is 4.90 Å². The molecule has 0 radical (unpaired) electrons. The van der Waals surface area contributed by atoms with Crippen LogP contribution in [0.3, 0.4) is 0 Å². The largest absolute Gasteiger partial charge is 0.318 e. The van der Waals surface area contributed by atoms with E-state index in [1.165, 1.54) is 12.8 Å². The van der Waals surface area contributed by atoms with Crippen LogP contribution in [-0.4, -0.2) is 57.5 Å². The van der Waals surface area contributed by atoms with E-state index in [4.69, 9.17) is 0 Å². The van der Waals surface area contributed by atoms with Gasteiger partial charge >= 0.3 is 0 Å². The summed E-state index contributed by atoms with van der Waals surface area (Å²) in [7, 11) is -0.864. The SMILES string of the molecule is CCS(=O)(=O)CCN1CCCC1CNC.Cl. The van der Waals surface area contributed by atoms with Gasteiger partial charge in [0.2, 0.25) is 0 Å². The second-order valence-electron chi connectivity index (χ2n) is 4.13. The first-order valence-corrected chi connectivity index (χ1v) is 7.50. The van der Waals surface area contributed by atoms with Crippen molar-refractivity contribution in [3.05, 3.63) is 0 Å². The van der Waals surface area contributed by atoms with E-state index in [1.807, 2.05) is 7.05 Å². The predicted molar refractivity (Wildman–Crippen MR) is 70.1 cm³/mol. The molecule has 1 unspecified atom stereocenters. The minimum atomic E-state index is -2.81. The van der Waals surface area contributed by atoms with E-state index in [-0.39, 0.29) is 18.2 Å². The smallest absolute Gasteiger partial charge is 0.151 e. The molecular formula is C10H23ClN2O2S. The highest BCUT2D eigenvalue weighted by Crippen LogP contribution is 2.16. The molecule has 0 aromatic rings. The van der Waals surface area contributed by atoms with Crippen molar-refractivity contribution in [2.45, 2.75) is 25.8 Å². The molecule has 4 nitrogen and oxygen atoms in total. The van der Waals surface area contributed by atoms with Gasteiger partial charge in [0.25, 0.3) is 0 Å². The molecule has 1 fully saturated rings. The van der Waals surface area contributed by atoms with Gasteiger partial charge in [-0.2, -0.15) is 0 Å². The Morgan fingerprint density at radius 2 is 2.12 bits per heavy atom. The van der Waals surface area contributed by atoms with Crippen molar-refractivity contribution in [3.63, 3.8) is 0 Å². The summed E-state index contributed by atoms with van der Waals surface area (Å²) in [5, 5.41) is 3.16. The third-order valence-electron chi connectivity index (χ3n) is 3.07. The maximum Gasteiger partial charge on any atom is 0.151 e. The Kier molecular flexibility index (Phi) is 7.55. The van der Waals surface area contributed by atoms with Crippen LogP contribution in [0.15, 0.2) is 0 Å². The Hall–Kier alpha value is 0.160. The van der Waals surface area contributed by atoms with Crippen molar-refractivity contribution in [1.29, 1.82) is 0 Å². The standard InChI is InChI=1S/C10H22N2O2S.ClH/c1-3-15(13,14)8-7-12-6-4-5-10(12)9-11-2;/h10-11H,3-9H2,1-2H3;1H. The van der Waals surface area contributed by atoms with Gasteiger partial charge in [0.05, 0.1) is 5.75 Å². The number of nitrogens with zero attached hydrogens (tertiary/aromatic N) is 1. The fourth-order valence-electron chi connectivity index (χ4n) is 2.06. The van der Waals surface area contributed by atoms with Crippen molar-refractivity contribution in [2.75, 3.05) is 38.2 Å². The van der Waals surface area contributed by atoms with Crippen molar-refractivity contribution in [1.82, 2.24) is 10.2 Å². The Bertz CT molecular complexity index is 283. The van der Waals surface area contributed by atoms with Crippen LogP contribution in [0, 0.1) is 0 Å². The van der Waals surface area contributed by atoms with Gasteiger partial charge in [-0.25, -0.2) is 8.42 Å². The van der Waals surface area contributed by atoms with Gasteiger partial charge in [-0.05, 0) is 26.4 Å². The maximum absolute atomic E-state index is 11.4. The molecule has 1 saturated heterocycles. The summed E-state index contributed by atoms with van der Waals surface area (Å²) in [6.45, 7) is 4.42. The third kappa shape index (κ3) is 4.99. The number of halogens is 1. The molecule has 1 aliphatic rings. The highest BCUT2D eigenvalue weighted by atomic mass is 35.5. The van der Waals surface area contributed by atoms with Gasteiger partial charge in [0.1, 0.15) is 0 Å². The lowest BCUT2D eigenvalue weighted by molar-refractivity contribution is 0.264. The van der Waals surface area contributed by atoms with Crippen LogP contribution in [0.4, 0.5) is 0 Å². The van der Waals surface area contributed by atoms with E-state index < -0.39 is 9.84 Å². The van der Waals surface area contributed by atoms with E-state index in [2.05, 4.69) is 10.2 Å². The van der Waals surface area contributed by atoms with Crippen LogP contribution in [-0.2, 0) is 9.84 Å². The molecule has 0 aliphatic carbocycles. The first kappa shape index (κ1) is 16.2. The Balaban J connectivity index is 0.00000225. The summed E-state index contributed by atoms with van der Waals surface area (Å²) in [4.78, 5) is 2.30. The summed E-state index contributed by atoms with van der Waals surface area (Å²) in [6.07, 6.45) is 2.38. The molecule has 0 aromatic heterocycles. The molecule has 0 bridgehead atoms. The van der Waals surface area contributed by atoms with E-state index in [1.54, 1.807) is 6.92 Å². The maximum atomic E-state index is 11.4. The van der Waals surface area contributed by atoms with Crippen LogP contribution < -0.4 is 5.32 Å². The van der Waals surface area contributed by atoms with E-state index >= 15 is 0 Å². The van der Waals surface area contributed by atoms with Gasteiger partial charge in [-0.1, -0.05) is 6.92 Å². The molecule has 1 N–H and O–H groups in total. The normalized spacial score (nSPS) is 22.0. The molecule has 0 saturated carbocycles. The molecule has 1 heterocycles. The summed E-state index contributed by atoms with van der Waals surface area (Å²) in [5.74, 6) is 0.571. The number of rotatable bonds is 6. The minimum absolute atomic E-state index is 0. The quantitative estimate of drug-likeness (QED) is 0.765. The number of nitrogens with one attached hydrogen (secondary N) is 1. The van der Waals surface area contributed by atoms with Crippen LogP contribution in [0.2, 0.25) is 0 Å². The highest BCUT2D eigenvalue weighted by molar-refractivity contribution is 7.91. The van der Waals surface area contributed by atoms with Crippen LogP contribution in [0.25, 0.3) is 0 Å². The molecule has 1 rings (SSSR count). The molecule has 0 aromatic carbocycles. The molecule has 0 amide bonds. The lowest BCUT2D eigenvalue weighted by atomic mass is 10.2. The predicted octanol–water partition coefficient (Wildman–Crippen LogP) is 0.527. The summed E-state index contributed by atoms with van der Waals surface area (Å²) in [6, 6.07) is 0.530. The van der Waals surface area contributed by atoms with Crippen molar-refractivity contribution in [3.8, 4) is 0 Å². The summed E-state index contributed by atoms with van der Waals surface area (Å²) in [5.41, 5.74) is 0. The minimum Gasteiger partial charge on any atom is -0.318 e. The molecule has 1 atom stereocenters. The Morgan fingerprint density at radius 1 is 1.44 bits per heavy atom. The van der Waals surface area contributed by atoms with E-state index in [0.717, 1.165) is 13.1 Å². The number of hydrogen-bond acceptors (Lipinski definition) is 4. The summed E-state index contributed by atoms with van der Waals surface area (Å²) < 4.78 is 22.8. The van der Waals surface area contributed by atoms with Gasteiger partial charge in [0, 0.05) is 24.9 Å². The zero-order chi connectivity index (χ0) is 11.3. The van der Waals surface area contributed by atoms with E-state index in [9.17, 15) is 8.42 Å². The lowest BCUT2D eigenvalue weighted by Crippen LogP contribution is -2.39. The zero-order valence-electron chi connectivity index (χ0n) is 10.1. The third-order valence-corrected chi connectivity index (χ3v) is 4.75. The molecule has 0 spiro atoms. The van der Waals surface area contributed by atoms with E-state index in [0.29, 0.717) is 18.3 Å². The molecule has 6 heteroatoms. The Labute approximate surface area is 105 Å². The molecule has 1 aliphatic heterocycles. The number of hydrogen-bond donors (Lipinski definition) is 1. The number of sulfone groups is 1. The highest BCUT2D eigenvalue weighted by Gasteiger charge is 2.24. The van der Waals surface area contributed by atoms with Crippen LogP contribution in [0.5, 0.6) is 0 Å².